The van der Waals surface area contributed by atoms with Crippen molar-refractivity contribution in [1.82, 2.24) is 20.1 Å². The summed E-state index contributed by atoms with van der Waals surface area (Å²) in [7, 11) is 2.10. The van der Waals surface area contributed by atoms with Gasteiger partial charge in [0.15, 0.2) is 5.58 Å². The molecule has 5 rings (SSSR count). The van der Waals surface area contributed by atoms with Gasteiger partial charge in [-0.05, 0) is 26.0 Å². The molecular formula is C20H24ClF2N5O2. The highest BCUT2D eigenvalue weighted by atomic mass is 35.5. The number of anilines is 1. The Kier molecular flexibility index (Phi) is 4.68. The zero-order valence-corrected chi connectivity index (χ0v) is 17.5. The van der Waals surface area contributed by atoms with E-state index in [0.717, 1.165) is 26.2 Å². The van der Waals surface area contributed by atoms with E-state index in [4.69, 9.17) is 16.0 Å². The van der Waals surface area contributed by atoms with Gasteiger partial charge in [0.25, 0.3) is 0 Å². The zero-order chi connectivity index (χ0) is 21.1. The summed E-state index contributed by atoms with van der Waals surface area (Å²) in [5.74, 6) is -2.17. The summed E-state index contributed by atoms with van der Waals surface area (Å²) < 4.78 is 34.0. The minimum Gasteiger partial charge on any atom is -0.439 e. The molecule has 0 radical (unpaired) electrons. The van der Waals surface area contributed by atoms with Crippen LogP contribution in [0.1, 0.15) is 37.1 Å². The van der Waals surface area contributed by atoms with E-state index >= 15 is 0 Å². The zero-order valence-electron chi connectivity index (χ0n) is 16.7. The van der Waals surface area contributed by atoms with Crippen LogP contribution in [0.25, 0.3) is 11.1 Å². The van der Waals surface area contributed by atoms with Gasteiger partial charge in [0.2, 0.25) is 11.8 Å². The Morgan fingerprint density at radius 3 is 2.60 bits per heavy atom. The van der Waals surface area contributed by atoms with Crippen molar-refractivity contribution in [2.24, 2.45) is 0 Å². The number of alkyl halides is 2. The molecule has 2 N–H and O–H groups in total. The highest BCUT2D eigenvalue weighted by Gasteiger charge is 2.50. The molecule has 1 aromatic carbocycles. The molecule has 0 atom stereocenters. The summed E-state index contributed by atoms with van der Waals surface area (Å²) in [5.41, 5.74) is 1.22. The predicted octanol–water partition coefficient (Wildman–Crippen LogP) is 3.77. The second kappa shape index (κ2) is 7.03. The first kappa shape index (κ1) is 20.0. The number of urea groups is 1. The molecule has 10 heteroatoms. The largest absolute Gasteiger partial charge is 0.439 e. The van der Waals surface area contributed by atoms with Gasteiger partial charge in [0.05, 0.1) is 22.8 Å². The average molecular weight is 440 g/mol. The van der Waals surface area contributed by atoms with Gasteiger partial charge in [-0.1, -0.05) is 11.6 Å². The lowest BCUT2D eigenvalue weighted by atomic mass is 9.73. The Hall–Kier alpha value is -1.97. The number of amides is 2. The van der Waals surface area contributed by atoms with Crippen LogP contribution in [0.5, 0.6) is 0 Å². The first-order valence-electron chi connectivity index (χ1n) is 10.3. The van der Waals surface area contributed by atoms with Gasteiger partial charge >= 0.3 is 6.03 Å². The van der Waals surface area contributed by atoms with Crippen molar-refractivity contribution in [3.63, 3.8) is 0 Å². The SMILES string of the molecule is CN1CCN(Cc2nc3cc(Cl)c4c(c3o2)C2(CCC(F)(F)CC2)NC(=O)N4)CC1. The van der Waals surface area contributed by atoms with Crippen LogP contribution >= 0.6 is 11.6 Å². The maximum absolute atomic E-state index is 13.9. The number of fused-ring (bicyclic) bond motifs is 4. The first-order chi connectivity index (χ1) is 14.2. The third kappa shape index (κ3) is 3.42. The van der Waals surface area contributed by atoms with Crippen LogP contribution in [0, 0.1) is 0 Å². The second-order valence-electron chi connectivity index (χ2n) is 8.66. The van der Waals surface area contributed by atoms with Crippen molar-refractivity contribution >= 4 is 34.4 Å². The van der Waals surface area contributed by atoms with Crippen LogP contribution in [-0.4, -0.2) is 60.0 Å². The fraction of sp³-hybridized carbons (Fsp3) is 0.600. The summed E-state index contributed by atoms with van der Waals surface area (Å²) in [6.45, 7) is 4.37. The van der Waals surface area contributed by atoms with Gasteiger partial charge in [-0.2, -0.15) is 0 Å². The highest BCUT2D eigenvalue weighted by molar-refractivity contribution is 6.35. The van der Waals surface area contributed by atoms with E-state index in [9.17, 15) is 13.6 Å². The van der Waals surface area contributed by atoms with E-state index < -0.39 is 17.5 Å². The Balaban J connectivity index is 1.55. The second-order valence-corrected chi connectivity index (χ2v) is 9.07. The van der Waals surface area contributed by atoms with Gasteiger partial charge < -0.3 is 20.0 Å². The molecule has 0 bridgehead atoms. The Morgan fingerprint density at radius 2 is 1.90 bits per heavy atom. The van der Waals surface area contributed by atoms with Crippen LogP contribution in [0.4, 0.5) is 19.3 Å². The van der Waals surface area contributed by atoms with E-state index in [1.165, 1.54) is 0 Å². The number of likely N-dealkylation sites (N-methyl/N-ethyl adjacent to an activating group) is 1. The Bertz CT molecular complexity index is 993. The van der Waals surface area contributed by atoms with E-state index in [1.54, 1.807) is 6.07 Å². The van der Waals surface area contributed by atoms with Crippen molar-refractivity contribution < 1.29 is 18.0 Å². The fourth-order valence-electron chi connectivity index (χ4n) is 4.77. The van der Waals surface area contributed by atoms with Crippen LogP contribution in [0.3, 0.4) is 0 Å². The number of piperazine rings is 1. The van der Waals surface area contributed by atoms with Crippen LogP contribution in [0.15, 0.2) is 10.5 Å². The third-order valence-electron chi connectivity index (χ3n) is 6.54. The van der Waals surface area contributed by atoms with Crippen molar-refractivity contribution in [3.05, 3.63) is 22.5 Å². The molecule has 3 aliphatic rings. The molecule has 7 nitrogen and oxygen atoms in total. The predicted molar refractivity (Wildman–Crippen MR) is 109 cm³/mol. The molecule has 2 amide bonds. The van der Waals surface area contributed by atoms with Gasteiger partial charge in [0, 0.05) is 44.6 Å². The van der Waals surface area contributed by atoms with E-state index in [2.05, 4.69) is 32.5 Å². The van der Waals surface area contributed by atoms with Gasteiger partial charge in [-0.15, -0.1) is 0 Å². The Morgan fingerprint density at radius 1 is 1.20 bits per heavy atom. The van der Waals surface area contributed by atoms with E-state index in [1.807, 2.05) is 0 Å². The molecule has 2 fully saturated rings. The molecule has 2 aromatic rings. The number of hydrogen-bond acceptors (Lipinski definition) is 5. The number of carbonyl (C=O) groups excluding carboxylic acids is 1. The topological polar surface area (TPSA) is 73.6 Å². The van der Waals surface area contributed by atoms with Crippen molar-refractivity contribution in [3.8, 4) is 0 Å². The molecular weight excluding hydrogens is 416 g/mol. The van der Waals surface area contributed by atoms with E-state index in [0.29, 0.717) is 39.8 Å². The molecule has 1 saturated heterocycles. The van der Waals surface area contributed by atoms with Crippen LogP contribution in [0.2, 0.25) is 5.02 Å². The van der Waals surface area contributed by atoms with Gasteiger partial charge in [0.1, 0.15) is 5.52 Å². The molecule has 1 aromatic heterocycles. The maximum Gasteiger partial charge on any atom is 0.319 e. The molecule has 1 aliphatic carbocycles. The van der Waals surface area contributed by atoms with Gasteiger partial charge in [-0.3, -0.25) is 4.90 Å². The van der Waals surface area contributed by atoms with Crippen molar-refractivity contribution in [1.29, 1.82) is 0 Å². The lowest BCUT2D eigenvalue weighted by Gasteiger charge is -2.44. The number of halogens is 3. The molecule has 0 unspecified atom stereocenters. The molecule has 2 aliphatic heterocycles. The lowest BCUT2D eigenvalue weighted by molar-refractivity contribution is -0.0552. The number of aromatic nitrogens is 1. The summed E-state index contributed by atoms with van der Waals surface area (Å²) in [5, 5.41) is 5.97. The smallest absolute Gasteiger partial charge is 0.319 e. The number of nitrogens with one attached hydrogen (secondary N) is 2. The highest BCUT2D eigenvalue weighted by Crippen LogP contribution is 2.51. The fourth-order valence-corrected chi connectivity index (χ4v) is 5.01. The summed E-state index contributed by atoms with van der Waals surface area (Å²) in [6.07, 6.45) is -0.374. The number of hydrogen-bond donors (Lipinski definition) is 2. The number of oxazole rings is 1. The summed E-state index contributed by atoms with van der Waals surface area (Å²) in [4.78, 5) is 21.5. The molecule has 30 heavy (non-hydrogen) atoms. The van der Waals surface area contributed by atoms with Gasteiger partial charge in [-0.25, -0.2) is 18.6 Å². The number of benzene rings is 1. The number of rotatable bonds is 2. The third-order valence-corrected chi connectivity index (χ3v) is 6.83. The minimum atomic E-state index is -2.73. The summed E-state index contributed by atoms with van der Waals surface area (Å²) >= 11 is 6.47. The van der Waals surface area contributed by atoms with Crippen LogP contribution < -0.4 is 10.6 Å². The first-order valence-corrected chi connectivity index (χ1v) is 10.6. The van der Waals surface area contributed by atoms with E-state index in [-0.39, 0.29) is 25.7 Å². The molecule has 3 heterocycles. The molecule has 1 saturated carbocycles. The molecule has 162 valence electrons. The standard InChI is InChI=1S/C20H24ClF2N5O2/c1-27-6-8-28(9-7-27)11-14-24-13-10-12(21)16-15(17(13)30-14)19(26-18(29)25-16)2-4-20(22,23)5-3-19/h10H,2-9,11H2,1H3,(H2,25,26,29). The lowest BCUT2D eigenvalue weighted by Crippen LogP contribution is -2.54. The number of carbonyl (C=O) groups is 1. The normalized spacial score (nSPS) is 23.9. The summed E-state index contributed by atoms with van der Waals surface area (Å²) in [6, 6.07) is 1.23. The minimum absolute atomic E-state index is 0.115. The van der Waals surface area contributed by atoms with Crippen molar-refractivity contribution in [2.75, 3.05) is 38.5 Å². The average Bonchev–Trinajstić information content (AvgIpc) is 3.08. The molecule has 1 spiro atoms. The van der Waals surface area contributed by atoms with Crippen molar-refractivity contribution in [2.45, 2.75) is 43.7 Å². The van der Waals surface area contributed by atoms with Crippen LogP contribution in [-0.2, 0) is 12.1 Å². The Labute approximate surface area is 177 Å². The number of nitrogens with zero attached hydrogens (tertiary/aromatic N) is 3. The maximum atomic E-state index is 13.9. The quantitative estimate of drug-likeness (QED) is 0.745. The monoisotopic (exact) mass is 439 g/mol.